The Kier molecular flexibility index (Phi) is 5.61. The van der Waals surface area contributed by atoms with E-state index in [0.717, 1.165) is 4.90 Å². The fourth-order valence-corrected chi connectivity index (χ4v) is 1.25. The highest BCUT2D eigenvalue weighted by atomic mass is 16.5. The lowest BCUT2D eigenvalue weighted by Crippen LogP contribution is -2.55. The highest BCUT2D eigenvalue weighted by molar-refractivity contribution is 5.85. The number of esters is 1. The van der Waals surface area contributed by atoms with Crippen molar-refractivity contribution in [3.63, 3.8) is 0 Å². The number of amides is 2. The Balaban J connectivity index is 4.77. The zero-order valence-corrected chi connectivity index (χ0v) is 11.3. The predicted molar refractivity (Wildman–Crippen MR) is 64.1 cm³/mol. The van der Waals surface area contributed by atoms with Crippen LogP contribution in [0.3, 0.4) is 0 Å². The summed E-state index contributed by atoms with van der Waals surface area (Å²) in [5.41, 5.74) is -0.668. The predicted octanol–water partition coefficient (Wildman–Crippen LogP) is 0.443. The van der Waals surface area contributed by atoms with Crippen LogP contribution in [0.1, 0.15) is 27.7 Å². The summed E-state index contributed by atoms with van der Waals surface area (Å²) in [6, 6.07) is -1.45. The van der Waals surface area contributed by atoms with Crippen LogP contribution in [-0.4, -0.2) is 53.2 Å². The largest absolute Gasteiger partial charge is 0.480 e. The first kappa shape index (κ1) is 16.2. The van der Waals surface area contributed by atoms with Gasteiger partial charge in [0.25, 0.3) is 0 Å². The van der Waals surface area contributed by atoms with Gasteiger partial charge in [0, 0.05) is 5.54 Å². The number of ether oxygens (including phenoxy) is 1. The lowest BCUT2D eigenvalue weighted by molar-refractivity contribution is -0.142. The van der Waals surface area contributed by atoms with Gasteiger partial charge in [0.05, 0.1) is 7.11 Å². The maximum absolute atomic E-state index is 11.9. The normalized spacial score (nSPS) is 12.5. The molecule has 0 aromatic heterocycles. The fraction of sp³-hybridized carbons (Fsp3) is 0.727. The third-order valence-electron chi connectivity index (χ3n) is 2.24. The van der Waals surface area contributed by atoms with Crippen LogP contribution in [0.4, 0.5) is 4.79 Å². The first-order valence-electron chi connectivity index (χ1n) is 5.47. The summed E-state index contributed by atoms with van der Waals surface area (Å²) in [4.78, 5) is 34.9. The lowest BCUT2D eigenvalue weighted by Gasteiger charge is -2.34. The Hall–Kier alpha value is -1.79. The summed E-state index contributed by atoms with van der Waals surface area (Å²) in [5.74, 6) is -1.71. The standard InChI is InChI=1S/C11H20N2O5/c1-7(9(16)18-5)12-10(17)13(6-8(14)15)11(2,3)4/h7H,6H2,1-5H3,(H,12,17)(H,14,15). The summed E-state index contributed by atoms with van der Waals surface area (Å²) in [5, 5.41) is 11.2. The molecule has 2 N–H and O–H groups in total. The van der Waals surface area contributed by atoms with Crippen LogP contribution in [-0.2, 0) is 14.3 Å². The van der Waals surface area contributed by atoms with Crippen molar-refractivity contribution in [2.24, 2.45) is 0 Å². The van der Waals surface area contributed by atoms with Gasteiger partial charge in [0.15, 0.2) is 0 Å². The molecule has 0 bridgehead atoms. The quantitative estimate of drug-likeness (QED) is 0.715. The number of rotatable bonds is 4. The number of carboxylic acids is 1. The van der Waals surface area contributed by atoms with Crippen LogP contribution in [0, 0.1) is 0 Å². The van der Waals surface area contributed by atoms with Gasteiger partial charge >= 0.3 is 18.0 Å². The molecule has 0 saturated heterocycles. The van der Waals surface area contributed by atoms with Crippen molar-refractivity contribution in [2.75, 3.05) is 13.7 Å². The number of carbonyl (C=O) groups excluding carboxylic acids is 2. The Bertz CT molecular complexity index is 335. The Morgan fingerprint density at radius 2 is 1.83 bits per heavy atom. The van der Waals surface area contributed by atoms with E-state index in [4.69, 9.17) is 5.11 Å². The summed E-state index contributed by atoms with van der Waals surface area (Å²) >= 11 is 0. The highest BCUT2D eigenvalue weighted by Crippen LogP contribution is 2.13. The number of nitrogens with one attached hydrogen (secondary N) is 1. The van der Waals surface area contributed by atoms with Gasteiger partial charge in [-0.05, 0) is 27.7 Å². The maximum atomic E-state index is 11.9. The van der Waals surface area contributed by atoms with E-state index in [2.05, 4.69) is 10.1 Å². The summed E-state index contributed by atoms with van der Waals surface area (Å²) in [7, 11) is 1.21. The van der Waals surface area contributed by atoms with Crippen molar-refractivity contribution in [2.45, 2.75) is 39.3 Å². The van der Waals surface area contributed by atoms with Gasteiger partial charge < -0.3 is 20.1 Å². The first-order chi connectivity index (χ1) is 8.09. The highest BCUT2D eigenvalue weighted by Gasteiger charge is 2.30. The molecule has 0 aliphatic rings. The minimum atomic E-state index is -1.12. The van der Waals surface area contributed by atoms with Crippen molar-refractivity contribution in [1.29, 1.82) is 0 Å². The van der Waals surface area contributed by atoms with E-state index in [1.807, 2.05) is 0 Å². The van der Waals surface area contributed by atoms with Crippen molar-refractivity contribution in [1.82, 2.24) is 10.2 Å². The zero-order valence-electron chi connectivity index (χ0n) is 11.3. The van der Waals surface area contributed by atoms with Gasteiger partial charge in [-0.15, -0.1) is 0 Å². The molecule has 0 radical (unpaired) electrons. The van der Waals surface area contributed by atoms with Crippen molar-refractivity contribution < 1.29 is 24.2 Å². The van der Waals surface area contributed by atoms with Crippen LogP contribution >= 0.6 is 0 Å². The van der Waals surface area contributed by atoms with Crippen LogP contribution < -0.4 is 5.32 Å². The molecule has 104 valence electrons. The van der Waals surface area contributed by atoms with Gasteiger partial charge in [-0.1, -0.05) is 0 Å². The zero-order chi connectivity index (χ0) is 14.5. The second-order valence-corrected chi connectivity index (χ2v) is 4.85. The van der Waals surface area contributed by atoms with E-state index in [-0.39, 0.29) is 0 Å². The smallest absolute Gasteiger partial charge is 0.328 e. The van der Waals surface area contributed by atoms with E-state index in [0.29, 0.717) is 0 Å². The molecule has 0 aliphatic heterocycles. The van der Waals surface area contributed by atoms with Gasteiger partial charge in [-0.25, -0.2) is 9.59 Å². The van der Waals surface area contributed by atoms with Crippen LogP contribution in [0.25, 0.3) is 0 Å². The van der Waals surface area contributed by atoms with Crippen molar-refractivity contribution in [3.8, 4) is 0 Å². The first-order valence-corrected chi connectivity index (χ1v) is 5.47. The maximum Gasteiger partial charge on any atom is 0.328 e. The molecule has 0 aromatic carbocycles. The third kappa shape index (κ3) is 5.03. The van der Waals surface area contributed by atoms with E-state index >= 15 is 0 Å². The molecule has 0 aliphatic carbocycles. The molecule has 0 fully saturated rings. The molecule has 0 rings (SSSR count). The molecular formula is C11H20N2O5. The lowest BCUT2D eigenvalue weighted by atomic mass is 10.1. The SMILES string of the molecule is COC(=O)C(C)NC(=O)N(CC(=O)O)C(C)(C)C. The molecule has 7 nitrogen and oxygen atoms in total. The molecular weight excluding hydrogens is 240 g/mol. The molecule has 2 amide bonds. The Morgan fingerprint density at radius 3 is 2.17 bits per heavy atom. The van der Waals surface area contributed by atoms with E-state index in [1.165, 1.54) is 14.0 Å². The van der Waals surface area contributed by atoms with E-state index < -0.39 is 36.1 Å². The number of urea groups is 1. The van der Waals surface area contributed by atoms with Crippen LogP contribution in [0.2, 0.25) is 0 Å². The second kappa shape index (κ2) is 6.23. The van der Waals surface area contributed by atoms with Gasteiger partial charge in [0.1, 0.15) is 12.6 Å². The van der Waals surface area contributed by atoms with Gasteiger partial charge in [-0.3, -0.25) is 4.79 Å². The monoisotopic (exact) mass is 260 g/mol. The third-order valence-corrected chi connectivity index (χ3v) is 2.24. The van der Waals surface area contributed by atoms with Gasteiger partial charge in [0.2, 0.25) is 0 Å². The molecule has 0 aromatic rings. The minimum absolute atomic E-state index is 0.441. The number of hydrogen-bond acceptors (Lipinski definition) is 4. The number of aliphatic carboxylic acids is 1. The second-order valence-electron chi connectivity index (χ2n) is 4.85. The number of carbonyl (C=O) groups is 3. The molecule has 0 spiro atoms. The van der Waals surface area contributed by atoms with Crippen LogP contribution in [0.15, 0.2) is 0 Å². The summed E-state index contributed by atoms with van der Waals surface area (Å²) in [6.07, 6.45) is 0. The van der Waals surface area contributed by atoms with Crippen molar-refractivity contribution in [3.05, 3.63) is 0 Å². The van der Waals surface area contributed by atoms with Crippen molar-refractivity contribution >= 4 is 18.0 Å². The average Bonchev–Trinajstić information content (AvgIpc) is 2.22. The topological polar surface area (TPSA) is 95.9 Å². The fourth-order valence-electron chi connectivity index (χ4n) is 1.25. The molecule has 18 heavy (non-hydrogen) atoms. The summed E-state index contributed by atoms with van der Waals surface area (Å²) in [6.45, 7) is 6.14. The Labute approximate surface area is 106 Å². The average molecular weight is 260 g/mol. The molecule has 0 heterocycles. The molecule has 7 heteroatoms. The van der Waals surface area contributed by atoms with Crippen LogP contribution in [0.5, 0.6) is 0 Å². The molecule has 1 unspecified atom stereocenters. The Morgan fingerprint density at radius 1 is 1.33 bits per heavy atom. The molecule has 0 saturated carbocycles. The number of methoxy groups -OCH3 is 1. The minimum Gasteiger partial charge on any atom is -0.480 e. The number of nitrogens with zero attached hydrogens (tertiary/aromatic N) is 1. The van der Waals surface area contributed by atoms with E-state index in [9.17, 15) is 14.4 Å². The van der Waals surface area contributed by atoms with E-state index in [1.54, 1.807) is 20.8 Å². The summed E-state index contributed by atoms with van der Waals surface area (Å²) < 4.78 is 4.47. The molecule has 1 atom stereocenters. The van der Waals surface area contributed by atoms with Gasteiger partial charge in [-0.2, -0.15) is 0 Å². The number of hydrogen-bond donors (Lipinski definition) is 2. The number of carboxylic acid groups (broad SMARTS) is 1.